The van der Waals surface area contributed by atoms with Gasteiger partial charge in [0.1, 0.15) is 5.75 Å². The summed E-state index contributed by atoms with van der Waals surface area (Å²) >= 11 is 5.91. The largest absolute Gasteiger partial charge is 0.507 e. The Morgan fingerprint density at radius 2 is 1.77 bits per heavy atom. The summed E-state index contributed by atoms with van der Waals surface area (Å²) in [7, 11) is 0. The van der Waals surface area contributed by atoms with E-state index in [1.807, 2.05) is 4.90 Å². The van der Waals surface area contributed by atoms with Crippen LogP contribution in [0.1, 0.15) is 30.4 Å². The molecule has 2 aromatic carbocycles. The molecule has 0 aliphatic carbocycles. The van der Waals surface area contributed by atoms with E-state index in [0.29, 0.717) is 16.3 Å². The van der Waals surface area contributed by atoms with Gasteiger partial charge in [-0.1, -0.05) is 11.6 Å². The second-order valence-electron chi connectivity index (χ2n) is 6.21. The molecule has 0 saturated carbocycles. The number of alkyl halides is 3. The molecule has 1 aliphatic heterocycles. The highest BCUT2D eigenvalue weighted by Gasteiger charge is 2.31. The zero-order chi connectivity index (χ0) is 18.7. The van der Waals surface area contributed by atoms with Gasteiger partial charge in [-0.05, 0) is 55.7 Å². The summed E-state index contributed by atoms with van der Waals surface area (Å²) < 4.78 is 39.3. The van der Waals surface area contributed by atoms with E-state index in [-0.39, 0.29) is 11.4 Å². The van der Waals surface area contributed by atoms with E-state index < -0.39 is 11.7 Å². The normalized spacial score (nSPS) is 15.6. The second-order valence-corrected chi connectivity index (χ2v) is 6.65. The van der Waals surface area contributed by atoms with Gasteiger partial charge in [-0.2, -0.15) is 13.2 Å². The summed E-state index contributed by atoms with van der Waals surface area (Å²) in [5.74, 6) is -0.0374. The Hall–Kier alpha value is -2.21. The molecule has 1 aliphatic rings. The fourth-order valence-electron chi connectivity index (χ4n) is 2.97. The third kappa shape index (κ3) is 4.30. The van der Waals surface area contributed by atoms with Gasteiger partial charge in [0.15, 0.2) is 0 Å². The van der Waals surface area contributed by atoms with E-state index in [1.165, 1.54) is 30.5 Å². The number of nitrogens with zero attached hydrogens (tertiary/aromatic N) is 2. The van der Waals surface area contributed by atoms with Crippen LogP contribution in [0.25, 0.3) is 0 Å². The van der Waals surface area contributed by atoms with E-state index in [2.05, 4.69) is 4.99 Å². The molecule has 138 valence electrons. The number of halogens is 4. The molecule has 1 N–H and O–H groups in total. The number of rotatable bonds is 3. The Morgan fingerprint density at radius 1 is 1.04 bits per heavy atom. The highest BCUT2D eigenvalue weighted by molar-refractivity contribution is 6.30. The molecule has 1 saturated heterocycles. The predicted molar refractivity (Wildman–Crippen MR) is 97.9 cm³/mol. The van der Waals surface area contributed by atoms with Gasteiger partial charge in [0.05, 0.1) is 16.9 Å². The van der Waals surface area contributed by atoms with Gasteiger partial charge in [0.25, 0.3) is 0 Å². The first kappa shape index (κ1) is 18.6. The van der Waals surface area contributed by atoms with E-state index in [9.17, 15) is 18.3 Å². The molecule has 1 heterocycles. The number of anilines is 1. The lowest BCUT2D eigenvalue weighted by Gasteiger charge is -2.30. The molecule has 1 fully saturated rings. The van der Waals surface area contributed by atoms with Gasteiger partial charge < -0.3 is 10.0 Å². The molecule has 2 aromatic rings. The minimum atomic E-state index is -4.44. The van der Waals surface area contributed by atoms with Crippen LogP contribution in [0.15, 0.2) is 41.4 Å². The fraction of sp³-hybridized carbons (Fsp3) is 0.316. The van der Waals surface area contributed by atoms with Crippen LogP contribution in [0.2, 0.25) is 5.02 Å². The minimum absolute atomic E-state index is 0.0374. The van der Waals surface area contributed by atoms with Crippen molar-refractivity contribution in [3.63, 3.8) is 0 Å². The molecular formula is C19H18ClF3N2O. The number of aromatic hydroxyl groups is 1. The predicted octanol–water partition coefficient (Wildman–Crippen LogP) is 5.81. The molecule has 3 rings (SSSR count). The van der Waals surface area contributed by atoms with Gasteiger partial charge in [0, 0.05) is 29.9 Å². The van der Waals surface area contributed by atoms with E-state index in [4.69, 9.17) is 11.6 Å². The molecule has 3 nitrogen and oxygen atoms in total. The van der Waals surface area contributed by atoms with E-state index >= 15 is 0 Å². The molecule has 26 heavy (non-hydrogen) atoms. The lowest BCUT2D eigenvalue weighted by molar-refractivity contribution is -0.137. The third-order valence-corrected chi connectivity index (χ3v) is 4.57. The Labute approximate surface area is 154 Å². The van der Waals surface area contributed by atoms with Crippen LogP contribution >= 0.6 is 11.6 Å². The number of aliphatic imine (C=N–C) groups is 1. The number of phenols is 1. The van der Waals surface area contributed by atoms with Crippen LogP contribution in [0.3, 0.4) is 0 Å². The molecule has 0 aromatic heterocycles. The molecule has 7 heteroatoms. The van der Waals surface area contributed by atoms with Crippen molar-refractivity contribution in [2.75, 3.05) is 18.0 Å². The zero-order valence-corrected chi connectivity index (χ0v) is 14.7. The highest BCUT2D eigenvalue weighted by atomic mass is 35.5. The van der Waals surface area contributed by atoms with Crippen molar-refractivity contribution in [2.24, 2.45) is 4.99 Å². The maximum atomic E-state index is 13.1. The van der Waals surface area contributed by atoms with Crippen molar-refractivity contribution in [2.45, 2.75) is 25.4 Å². The van der Waals surface area contributed by atoms with Gasteiger partial charge in [-0.3, -0.25) is 4.99 Å². The second kappa shape index (κ2) is 7.58. The summed E-state index contributed by atoms with van der Waals surface area (Å²) in [4.78, 5) is 6.29. The molecule has 0 atom stereocenters. The topological polar surface area (TPSA) is 35.8 Å². The molecule has 0 spiro atoms. The molecule has 0 unspecified atom stereocenters. The lowest BCUT2D eigenvalue weighted by Crippen LogP contribution is -2.29. The average molecular weight is 383 g/mol. The Morgan fingerprint density at radius 3 is 2.46 bits per heavy atom. The van der Waals surface area contributed by atoms with Crippen molar-refractivity contribution >= 4 is 29.2 Å². The number of benzene rings is 2. The van der Waals surface area contributed by atoms with Crippen molar-refractivity contribution in [1.29, 1.82) is 0 Å². The maximum absolute atomic E-state index is 13.1. The first-order chi connectivity index (χ1) is 12.3. The third-order valence-electron chi connectivity index (χ3n) is 4.33. The summed E-state index contributed by atoms with van der Waals surface area (Å²) in [5.41, 5.74) is 0.483. The van der Waals surface area contributed by atoms with Crippen LogP contribution in [0, 0.1) is 0 Å². The maximum Gasteiger partial charge on any atom is 0.416 e. The monoisotopic (exact) mass is 382 g/mol. The van der Waals surface area contributed by atoms with Crippen molar-refractivity contribution < 1.29 is 18.3 Å². The van der Waals surface area contributed by atoms with Gasteiger partial charge in [-0.15, -0.1) is 0 Å². The zero-order valence-electron chi connectivity index (χ0n) is 13.9. The van der Waals surface area contributed by atoms with Crippen LogP contribution < -0.4 is 4.90 Å². The fourth-order valence-corrected chi connectivity index (χ4v) is 3.15. The summed E-state index contributed by atoms with van der Waals surface area (Å²) in [6.45, 7) is 1.58. The van der Waals surface area contributed by atoms with Crippen LogP contribution in [-0.2, 0) is 6.18 Å². The van der Waals surface area contributed by atoms with Crippen molar-refractivity contribution in [3.8, 4) is 5.75 Å². The van der Waals surface area contributed by atoms with Crippen molar-refractivity contribution in [1.82, 2.24) is 0 Å². The number of piperidine rings is 1. The summed E-state index contributed by atoms with van der Waals surface area (Å²) in [6, 6.07) is 8.05. The summed E-state index contributed by atoms with van der Waals surface area (Å²) in [6.07, 6.45) is 0.0116. The van der Waals surface area contributed by atoms with E-state index in [1.54, 1.807) is 0 Å². The average Bonchev–Trinajstić information content (AvgIpc) is 2.62. The molecule has 0 radical (unpaired) electrons. The Bertz CT molecular complexity index is 815. The first-order valence-corrected chi connectivity index (χ1v) is 8.71. The van der Waals surface area contributed by atoms with Gasteiger partial charge in [-0.25, -0.2) is 0 Å². The van der Waals surface area contributed by atoms with Gasteiger partial charge in [0.2, 0.25) is 0 Å². The molecule has 0 bridgehead atoms. The van der Waals surface area contributed by atoms with E-state index in [0.717, 1.165) is 44.5 Å². The summed E-state index contributed by atoms with van der Waals surface area (Å²) in [5, 5.41) is 10.3. The Kier molecular flexibility index (Phi) is 5.41. The standard InChI is InChI=1S/C19H18ClF3N2O/c20-15-5-7-18(26)13(10-15)12-24-16-11-14(19(21,22)23)4-6-17(16)25-8-2-1-3-9-25/h4-7,10-12,26H,1-3,8-9H2. The quantitative estimate of drug-likeness (QED) is 0.680. The molecular weight excluding hydrogens is 365 g/mol. The smallest absolute Gasteiger partial charge is 0.416 e. The Balaban J connectivity index is 2.01. The number of hydrogen-bond acceptors (Lipinski definition) is 3. The first-order valence-electron chi connectivity index (χ1n) is 8.33. The van der Waals surface area contributed by atoms with Crippen LogP contribution in [-0.4, -0.2) is 24.4 Å². The number of hydrogen-bond donors (Lipinski definition) is 1. The SMILES string of the molecule is Oc1ccc(Cl)cc1C=Nc1cc(C(F)(F)F)ccc1N1CCCCC1. The minimum Gasteiger partial charge on any atom is -0.507 e. The lowest BCUT2D eigenvalue weighted by atomic mass is 10.1. The van der Waals surface area contributed by atoms with Crippen molar-refractivity contribution in [3.05, 3.63) is 52.5 Å². The highest BCUT2D eigenvalue weighted by Crippen LogP contribution is 2.38. The number of phenolic OH excluding ortho intramolecular Hbond substituents is 1. The van der Waals surface area contributed by atoms with Crippen LogP contribution in [0.4, 0.5) is 24.5 Å². The molecule has 0 amide bonds. The van der Waals surface area contributed by atoms with Crippen LogP contribution in [0.5, 0.6) is 5.75 Å². The van der Waals surface area contributed by atoms with Gasteiger partial charge >= 0.3 is 6.18 Å².